The molecule has 0 fully saturated rings. The van der Waals surface area contributed by atoms with Gasteiger partial charge in [-0.15, -0.1) is 11.3 Å². The van der Waals surface area contributed by atoms with Crippen molar-refractivity contribution in [3.05, 3.63) is 39.4 Å². The maximum absolute atomic E-state index is 4.66. The van der Waals surface area contributed by atoms with E-state index >= 15 is 0 Å². The maximum atomic E-state index is 4.66. The van der Waals surface area contributed by atoms with Gasteiger partial charge in [0.05, 0.1) is 12.2 Å². The average molecular weight is 310 g/mol. The van der Waals surface area contributed by atoms with E-state index in [1.165, 1.54) is 28.8 Å². The number of hydrogen-bond donors (Lipinski definition) is 1. The summed E-state index contributed by atoms with van der Waals surface area (Å²) >= 11 is 1.77. The molecule has 0 spiro atoms. The van der Waals surface area contributed by atoms with Crippen LogP contribution >= 0.6 is 11.3 Å². The summed E-state index contributed by atoms with van der Waals surface area (Å²) in [6, 6.07) is 4.23. The van der Waals surface area contributed by atoms with Gasteiger partial charge >= 0.3 is 0 Å². The first-order valence-electron chi connectivity index (χ1n) is 7.88. The van der Waals surface area contributed by atoms with Crippen molar-refractivity contribution in [1.82, 2.24) is 9.97 Å². The predicted octanol–water partition coefficient (Wildman–Crippen LogP) is 3.72. The van der Waals surface area contributed by atoms with Crippen molar-refractivity contribution in [1.29, 1.82) is 0 Å². The normalized spacial score (nSPS) is 13.2. The number of aromatic nitrogens is 2. The molecule has 113 valence electrons. The zero-order valence-corrected chi connectivity index (χ0v) is 14.3. The third-order valence-corrected chi connectivity index (χ3v) is 4.90. The Morgan fingerprint density at radius 1 is 1.27 bits per heavy atom. The molecule has 0 bridgehead atoms. The number of unbranched alkanes of at least 4 members (excludes halogenated alkanes) is 1. The number of aryl methyl sites for hydroxylation is 1. The van der Waals surface area contributed by atoms with Gasteiger partial charge in [0, 0.05) is 4.88 Å². The molecule has 2 aromatic heterocycles. The van der Waals surface area contributed by atoms with Crippen LogP contribution in [0.3, 0.4) is 0 Å². The number of rotatable bonds is 6. The minimum Gasteiger partial charge on any atom is -0.366 e. The number of nitrogens with one attached hydrogen (secondary N) is 1. The zero-order valence-electron chi connectivity index (χ0n) is 13.4. The molecule has 1 aliphatic heterocycles. The average Bonchev–Trinajstić information content (AvgIpc) is 3.12. The number of anilines is 1. The van der Waals surface area contributed by atoms with Crippen molar-refractivity contribution in [3.63, 3.8) is 0 Å². The third kappa shape index (κ3) is 3.09. The molecule has 2 aromatic rings. The Bertz CT molecular complexity index is 692. The quantitative estimate of drug-likeness (QED) is 0.826. The number of hydrogen-bond acceptors (Lipinski definition) is 4. The zero-order chi connectivity index (χ0) is 15.5. The molecule has 3 heterocycles. The Morgan fingerprint density at radius 2 is 2.14 bits per heavy atom. The van der Waals surface area contributed by atoms with Gasteiger partial charge in [-0.3, -0.25) is 0 Å². The molecule has 1 aliphatic rings. The van der Waals surface area contributed by atoms with Gasteiger partial charge in [0.1, 0.15) is 11.6 Å². The standard InChI is InChI=1S/C17H21BN3S/c1-4-5-8-14-11(2)16-15(18-14)17(21-12(3)20-16)19-10-13-7-6-9-22-13/h6-7,9H,4-5,8,10H2,1-3H3,(H,19,20,21). The lowest BCUT2D eigenvalue weighted by molar-refractivity contribution is 0.807. The van der Waals surface area contributed by atoms with Gasteiger partial charge in [0.2, 0.25) is 0 Å². The molecule has 3 rings (SSSR count). The van der Waals surface area contributed by atoms with E-state index in [0.29, 0.717) is 0 Å². The van der Waals surface area contributed by atoms with Crippen LogP contribution in [0.1, 0.15) is 49.5 Å². The number of nitrogens with zero attached hydrogens (tertiary/aromatic N) is 2. The Labute approximate surface area is 137 Å². The van der Waals surface area contributed by atoms with Crippen LogP contribution in [-0.2, 0) is 6.54 Å². The minimum atomic E-state index is 0.817. The van der Waals surface area contributed by atoms with Gasteiger partial charge in [0.15, 0.2) is 7.28 Å². The van der Waals surface area contributed by atoms with E-state index in [4.69, 9.17) is 0 Å². The summed E-state index contributed by atoms with van der Waals surface area (Å²) in [5.41, 5.74) is 4.99. The van der Waals surface area contributed by atoms with Crippen LogP contribution in [0.4, 0.5) is 5.82 Å². The Morgan fingerprint density at radius 3 is 2.86 bits per heavy atom. The topological polar surface area (TPSA) is 37.8 Å². The van der Waals surface area contributed by atoms with Crippen molar-refractivity contribution < 1.29 is 0 Å². The summed E-state index contributed by atoms with van der Waals surface area (Å²) in [6.45, 7) is 7.20. The van der Waals surface area contributed by atoms with Crippen LogP contribution in [0.15, 0.2) is 23.0 Å². The van der Waals surface area contributed by atoms with Gasteiger partial charge in [-0.1, -0.05) is 31.3 Å². The molecule has 3 nitrogen and oxygen atoms in total. The molecular formula is C17H21BN3S. The van der Waals surface area contributed by atoms with Gasteiger partial charge in [-0.2, -0.15) is 0 Å². The summed E-state index contributed by atoms with van der Waals surface area (Å²) < 4.78 is 0. The van der Waals surface area contributed by atoms with E-state index in [9.17, 15) is 0 Å². The van der Waals surface area contributed by atoms with Crippen LogP contribution in [-0.4, -0.2) is 17.2 Å². The van der Waals surface area contributed by atoms with Crippen LogP contribution in [0, 0.1) is 6.92 Å². The lowest BCUT2D eigenvalue weighted by atomic mass is 9.65. The highest BCUT2D eigenvalue weighted by Gasteiger charge is 2.24. The molecule has 1 radical (unpaired) electrons. The lowest BCUT2D eigenvalue weighted by Gasteiger charge is -2.11. The monoisotopic (exact) mass is 310 g/mol. The molecule has 22 heavy (non-hydrogen) atoms. The third-order valence-electron chi connectivity index (χ3n) is 4.02. The fourth-order valence-electron chi connectivity index (χ4n) is 2.78. The first kappa shape index (κ1) is 15.3. The molecule has 0 atom stereocenters. The second kappa shape index (κ2) is 6.65. The summed E-state index contributed by atoms with van der Waals surface area (Å²) in [6.07, 6.45) is 3.57. The highest BCUT2D eigenvalue weighted by Crippen LogP contribution is 2.26. The second-order valence-electron chi connectivity index (χ2n) is 5.71. The number of thiophene rings is 1. The van der Waals surface area contributed by atoms with Gasteiger partial charge < -0.3 is 5.32 Å². The van der Waals surface area contributed by atoms with Crippen LogP contribution in [0.25, 0.3) is 5.57 Å². The lowest BCUT2D eigenvalue weighted by Crippen LogP contribution is -2.23. The molecule has 0 saturated carbocycles. The molecular weight excluding hydrogens is 289 g/mol. The fourth-order valence-corrected chi connectivity index (χ4v) is 3.43. The smallest absolute Gasteiger partial charge is 0.194 e. The van der Waals surface area contributed by atoms with Gasteiger partial charge in [-0.05, 0) is 42.8 Å². The Kier molecular flexibility index (Phi) is 4.62. The molecule has 0 amide bonds. The minimum absolute atomic E-state index is 0.817. The van der Waals surface area contributed by atoms with E-state index in [1.807, 2.05) is 6.92 Å². The Balaban J connectivity index is 1.83. The number of fused-ring (bicyclic) bond motifs is 1. The van der Waals surface area contributed by atoms with Crippen LogP contribution in [0.2, 0.25) is 0 Å². The Hall–Kier alpha value is -1.62. The van der Waals surface area contributed by atoms with Gasteiger partial charge in [0.25, 0.3) is 0 Å². The molecule has 0 saturated heterocycles. The van der Waals surface area contributed by atoms with Crippen molar-refractivity contribution in [2.75, 3.05) is 5.32 Å². The highest BCUT2D eigenvalue weighted by atomic mass is 32.1. The SMILES string of the molecule is CCCCC1=C(C)c2nc(C)nc(NCc3cccs3)c2[B]1. The number of allylic oxidation sites excluding steroid dienone is 2. The summed E-state index contributed by atoms with van der Waals surface area (Å²) in [4.78, 5) is 10.6. The summed E-state index contributed by atoms with van der Waals surface area (Å²) in [5.74, 6) is 1.79. The van der Waals surface area contributed by atoms with Crippen LogP contribution in [0.5, 0.6) is 0 Å². The van der Waals surface area contributed by atoms with E-state index in [0.717, 1.165) is 35.8 Å². The van der Waals surface area contributed by atoms with Crippen molar-refractivity contribution >= 4 is 35.5 Å². The fraction of sp³-hybridized carbons (Fsp3) is 0.412. The van der Waals surface area contributed by atoms with Crippen LogP contribution < -0.4 is 10.8 Å². The summed E-state index contributed by atoms with van der Waals surface area (Å²) in [5, 5.41) is 5.59. The van der Waals surface area contributed by atoms with Gasteiger partial charge in [-0.25, -0.2) is 9.97 Å². The first-order valence-corrected chi connectivity index (χ1v) is 8.76. The maximum Gasteiger partial charge on any atom is 0.194 e. The van der Waals surface area contributed by atoms with Crippen molar-refractivity contribution in [2.24, 2.45) is 0 Å². The first-order chi connectivity index (χ1) is 10.7. The summed E-state index contributed by atoms with van der Waals surface area (Å²) in [7, 11) is 2.27. The van der Waals surface area contributed by atoms with E-state index in [-0.39, 0.29) is 0 Å². The van der Waals surface area contributed by atoms with E-state index < -0.39 is 0 Å². The molecule has 5 heteroatoms. The molecule has 0 aromatic carbocycles. The highest BCUT2D eigenvalue weighted by molar-refractivity contribution is 7.09. The largest absolute Gasteiger partial charge is 0.366 e. The molecule has 0 unspecified atom stereocenters. The molecule has 0 aliphatic carbocycles. The predicted molar refractivity (Wildman–Crippen MR) is 95.9 cm³/mol. The van der Waals surface area contributed by atoms with E-state index in [2.05, 4.69) is 53.9 Å². The van der Waals surface area contributed by atoms with Crippen molar-refractivity contribution in [2.45, 2.75) is 46.6 Å². The van der Waals surface area contributed by atoms with Crippen molar-refractivity contribution in [3.8, 4) is 0 Å². The second-order valence-corrected chi connectivity index (χ2v) is 6.75. The van der Waals surface area contributed by atoms with E-state index in [1.54, 1.807) is 11.3 Å². The molecule has 1 N–H and O–H groups in total.